The van der Waals surface area contributed by atoms with Gasteiger partial charge >= 0.3 is 0 Å². The summed E-state index contributed by atoms with van der Waals surface area (Å²) >= 11 is 0. The Morgan fingerprint density at radius 3 is 2.14 bits per heavy atom. The highest BCUT2D eigenvalue weighted by Gasteiger charge is 2.28. The molecule has 1 aliphatic rings. The Bertz CT molecular complexity index is 1240. The molecule has 1 aliphatic heterocycles. The Balaban J connectivity index is 1.32. The Labute approximate surface area is 217 Å². The molecule has 7 nitrogen and oxygen atoms in total. The van der Waals surface area contributed by atoms with Crippen molar-refractivity contribution < 1.29 is 23.8 Å². The highest BCUT2D eigenvalue weighted by Crippen LogP contribution is 2.33. The van der Waals surface area contributed by atoms with Gasteiger partial charge in [-0.25, -0.2) is 0 Å². The average molecular weight is 501 g/mol. The first-order chi connectivity index (χ1) is 18.0. The van der Waals surface area contributed by atoms with Crippen molar-refractivity contribution in [2.45, 2.75) is 18.8 Å². The van der Waals surface area contributed by atoms with Crippen LogP contribution in [0.15, 0.2) is 72.8 Å². The standard InChI is InChI=1S/C30H32N2O5/c1-35-25-7-4-6-21(20-25)10-15-28(33)31-24-13-11-22(12-14-24)23-16-18-32(19-17-23)30(34)29-26(36-2)8-5-9-27(29)37-3/h4-15,20,23H,16-19H2,1-3H3,(H,31,33)/b15-10+. The fourth-order valence-electron chi connectivity index (χ4n) is 4.58. The van der Waals surface area contributed by atoms with E-state index in [0.29, 0.717) is 36.1 Å². The maximum absolute atomic E-state index is 13.2. The van der Waals surface area contributed by atoms with Crippen molar-refractivity contribution >= 4 is 23.6 Å². The predicted molar refractivity (Wildman–Crippen MR) is 145 cm³/mol. The first-order valence-electron chi connectivity index (χ1n) is 12.3. The summed E-state index contributed by atoms with van der Waals surface area (Å²) in [6.07, 6.45) is 4.98. The number of nitrogens with one attached hydrogen (secondary N) is 1. The lowest BCUT2D eigenvalue weighted by Gasteiger charge is -2.33. The number of anilines is 1. The second kappa shape index (κ2) is 12.1. The van der Waals surface area contributed by atoms with Crippen LogP contribution in [-0.2, 0) is 4.79 Å². The number of carbonyl (C=O) groups is 2. The van der Waals surface area contributed by atoms with Crippen LogP contribution in [0.1, 0.15) is 40.2 Å². The van der Waals surface area contributed by atoms with Crippen LogP contribution < -0.4 is 19.5 Å². The zero-order valence-electron chi connectivity index (χ0n) is 21.4. The lowest BCUT2D eigenvalue weighted by atomic mass is 9.89. The van der Waals surface area contributed by atoms with Crippen LogP contribution in [0, 0.1) is 0 Å². The molecule has 1 saturated heterocycles. The van der Waals surface area contributed by atoms with Gasteiger partial charge in [-0.3, -0.25) is 9.59 Å². The maximum atomic E-state index is 13.2. The highest BCUT2D eigenvalue weighted by atomic mass is 16.5. The number of rotatable bonds is 8. The van der Waals surface area contributed by atoms with Crippen LogP contribution in [0.25, 0.3) is 6.08 Å². The Kier molecular flexibility index (Phi) is 8.46. The molecule has 0 radical (unpaired) electrons. The van der Waals surface area contributed by atoms with Crippen LogP contribution in [-0.4, -0.2) is 51.1 Å². The SMILES string of the molecule is COc1cccc(/C=C/C(=O)Nc2ccc(C3CCN(C(=O)c4c(OC)cccc4OC)CC3)cc2)c1. The number of amides is 2. The van der Waals surface area contributed by atoms with Gasteiger partial charge in [0.15, 0.2) is 0 Å². The van der Waals surface area contributed by atoms with Gasteiger partial charge in [0.2, 0.25) is 5.91 Å². The Morgan fingerprint density at radius 1 is 0.865 bits per heavy atom. The van der Waals surface area contributed by atoms with E-state index in [9.17, 15) is 9.59 Å². The number of hydrogen-bond donors (Lipinski definition) is 1. The minimum Gasteiger partial charge on any atom is -0.497 e. The van der Waals surface area contributed by atoms with E-state index in [0.717, 1.165) is 29.8 Å². The van der Waals surface area contributed by atoms with E-state index in [1.807, 2.05) is 59.5 Å². The number of likely N-dealkylation sites (tertiary alicyclic amines) is 1. The summed E-state index contributed by atoms with van der Waals surface area (Å²) in [6, 6.07) is 20.8. The van der Waals surface area contributed by atoms with Crippen LogP contribution in [0.4, 0.5) is 5.69 Å². The molecule has 0 atom stereocenters. The molecule has 0 spiro atoms. The van der Waals surface area contributed by atoms with Crippen molar-refractivity contribution in [3.63, 3.8) is 0 Å². The average Bonchev–Trinajstić information content (AvgIpc) is 2.95. The summed E-state index contributed by atoms with van der Waals surface area (Å²) in [5.41, 5.74) is 3.29. The molecule has 0 unspecified atom stereocenters. The summed E-state index contributed by atoms with van der Waals surface area (Å²) in [4.78, 5) is 27.5. The maximum Gasteiger partial charge on any atom is 0.261 e. The van der Waals surface area contributed by atoms with Crippen molar-refractivity contribution in [3.8, 4) is 17.2 Å². The second-order valence-electron chi connectivity index (χ2n) is 8.83. The third-order valence-corrected chi connectivity index (χ3v) is 6.59. The van der Waals surface area contributed by atoms with E-state index in [2.05, 4.69) is 5.32 Å². The number of methoxy groups -OCH3 is 3. The molecule has 3 aromatic carbocycles. The fraction of sp³-hybridized carbons (Fsp3) is 0.267. The minimum atomic E-state index is -0.200. The number of hydrogen-bond acceptors (Lipinski definition) is 5. The molecule has 192 valence electrons. The quantitative estimate of drug-likeness (QED) is 0.420. The minimum absolute atomic E-state index is 0.0761. The van der Waals surface area contributed by atoms with E-state index >= 15 is 0 Å². The molecule has 3 aromatic rings. The van der Waals surface area contributed by atoms with Gasteiger partial charge in [0.05, 0.1) is 21.3 Å². The van der Waals surface area contributed by atoms with Crippen molar-refractivity contribution in [2.24, 2.45) is 0 Å². The lowest BCUT2D eigenvalue weighted by molar-refractivity contribution is -0.111. The third kappa shape index (κ3) is 6.30. The van der Waals surface area contributed by atoms with Crippen LogP contribution in [0.5, 0.6) is 17.2 Å². The van der Waals surface area contributed by atoms with Crippen molar-refractivity contribution in [2.75, 3.05) is 39.7 Å². The molecule has 4 rings (SSSR count). The van der Waals surface area contributed by atoms with Crippen molar-refractivity contribution in [1.82, 2.24) is 4.90 Å². The number of carbonyl (C=O) groups excluding carboxylic acids is 2. The molecule has 0 saturated carbocycles. The zero-order valence-corrected chi connectivity index (χ0v) is 21.4. The molecule has 0 aliphatic carbocycles. The van der Waals surface area contributed by atoms with E-state index in [1.54, 1.807) is 39.5 Å². The number of ether oxygens (including phenoxy) is 3. The summed E-state index contributed by atoms with van der Waals surface area (Å²) in [5, 5.41) is 2.90. The molecule has 1 fully saturated rings. The summed E-state index contributed by atoms with van der Waals surface area (Å²) in [6.45, 7) is 1.30. The molecule has 7 heteroatoms. The van der Waals surface area contributed by atoms with Gasteiger partial charge < -0.3 is 24.4 Å². The molecule has 0 bridgehead atoms. The van der Waals surface area contributed by atoms with Crippen LogP contribution >= 0.6 is 0 Å². The molecular formula is C30H32N2O5. The van der Waals surface area contributed by atoms with Gasteiger partial charge in [-0.15, -0.1) is 0 Å². The predicted octanol–water partition coefficient (Wildman–Crippen LogP) is 5.38. The van der Waals surface area contributed by atoms with Crippen molar-refractivity contribution in [1.29, 1.82) is 0 Å². The van der Waals surface area contributed by atoms with E-state index in [1.165, 1.54) is 11.6 Å². The second-order valence-corrected chi connectivity index (χ2v) is 8.83. The molecule has 1 heterocycles. The van der Waals surface area contributed by atoms with Gasteiger partial charge in [0.1, 0.15) is 22.8 Å². The first kappa shape index (κ1) is 25.8. The van der Waals surface area contributed by atoms with E-state index < -0.39 is 0 Å². The molecule has 1 N–H and O–H groups in total. The third-order valence-electron chi connectivity index (χ3n) is 6.59. The normalized spacial score (nSPS) is 13.9. The zero-order chi connectivity index (χ0) is 26.2. The lowest BCUT2D eigenvalue weighted by Crippen LogP contribution is -2.38. The smallest absolute Gasteiger partial charge is 0.261 e. The molecule has 2 amide bonds. The highest BCUT2D eigenvalue weighted by molar-refractivity contribution is 6.02. The van der Waals surface area contributed by atoms with E-state index in [4.69, 9.17) is 14.2 Å². The van der Waals surface area contributed by atoms with E-state index in [-0.39, 0.29) is 11.8 Å². The number of piperidine rings is 1. The summed E-state index contributed by atoms with van der Waals surface area (Å²) < 4.78 is 16.0. The number of benzene rings is 3. The van der Waals surface area contributed by atoms with Crippen LogP contribution in [0.3, 0.4) is 0 Å². The largest absolute Gasteiger partial charge is 0.497 e. The Hall–Kier alpha value is -4.26. The molecular weight excluding hydrogens is 468 g/mol. The Morgan fingerprint density at radius 2 is 1.51 bits per heavy atom. The summed E-state index contributed by atoms with van der Waals surface area (Å²) in [7, 11) is 4.73. The molecule has 0 aromatic heterocycles. The van der Waals surface area contributed by atoms with Gasteiger partial charge in [0.25, 0.3) is 5.91 Å². The van der Waals surface area contributed by atoms with Gasteiger partial charge in [-0.05, 0) is 72.4 Å². The number of nitrogens with zero attached hydrogens (tertiary/aromatic N) is 1. The first-order valence-corrected chi connectivity index (χ1v) is 12.3. The topological polar surface area (TPSA) is 77.1 Å². The molecule has 37 heavy (non-hydrogen) atoms. The van der Waals surface area contributed by atoms with Gasteiger partial charge in [0, 0.05) is 24.9 Å². The fourth-order valence-corrected chi connectivity index (χ4v) is 4.58. The van der Waals surface area contributed by atoms with Crippen LogP contribution in [0.2, 0.25) is 0 Å². The van der Waals surface area contributed by atoms with Gasteiger partial charge in [-0.2, -0.15) is 0 Å². The summed E-state index contributed by atoms with van der Waals surface area (Å²) in [5.74, 6) is 1.85. The van der Waals surface area contributed by atoms with Crippen molar-refractivity contribution in [3.05, 3.63) is 89.5 Å². The monoisotopic (exact) mass is 500 g/mol. The van der Waals surface area contributed by atoms with Gasteiger partial charge in [-0.1, -0.05) is 30.3 Å².